The van der Waals surface area contributed by atoms with Crippen LogP contribution >= 0.6 is 11.3 Å². The van der Waals surface area contributed by atoms with Crippen LogP contribution in [0.1, 0.15) is 38.4 Å². The number of ketones is 1. The number of likely N-dealkylation sites (tertiary alicyclic amines) is 1. The summed E-state index contributed by atoms with van der Waals surface area (Å²) in [5.74, 6) is -1.07. The summed E-state index contributed by atoms with van der Waals surface area (Å²) in [5.41, 5.74) is 6.15. The molecule has 1 aliphatic rings. The molecule has 124 valence electrons. The Labute approximate surface area is 144 Å². The van der Waals surface area contributed by atoms with Gasteiger partial charge in [-0.3, -0.25) is 14.4 Å². The van der Waals surface area contributed by atoms with Crippen LogP contribution in [-0.2, 0) is 4.79 Å². The first-order valence-corrected chi connectivity index (χ1v) is 8.71. The van der Waals surface area contributed by atoms with Gasteiger partial charge in [-0.05, 0) is 30.4 Å². The first kappa shape index (κ1) is 16.4. The van der Waals surface area contributed by atoms with Crippen LogP contribution in [0.25, 0.3) is 0 Å². The molecule has 24 heavy (non-hydrogen) atoms. The maximum Gasteiger partial charge on any atom is 0.254 e. The number of amides is 2. The second-order valence-electron chi connectivity index (χ2n) is 5.84. The SMILES string of the molecule is NC(=O)C1CCCN(C(=O)c2ccccc2C(=O)c2cccs2)C1. The molecule has 1 saturated heterocycles. The van der Waals surface area contributed by atoms with Crippen molar-refractivity contribution in [2.45, 2.75) is 12.8 Å². The zero-order chi connectivity index (χ0) is 17.1. The largest absolute Gasteiger partial charge is 0.369 e. The summed E-state index contributed by atoms with van der Waals surface area (Å²) < 4.78 is 0. The molecule has 0 radical (unpaired) electrons. The van der Waals surface area contributed by atoms with E-state index < -0.39 is 0 Å². The first-order valence-electron chi connectivity index (χ1n) is 7.83. The van der Waals surface area contributed by atoms with E-state index in [4.69, 9.17) is 5.73 Å². The number of rotatable bonds is 4. The molecule has 2 heterocycles. The molecule has 1 fully saturated rings. The molecule has 1 unspecified atom stereocenters. The molecule has 2 amide bonds. The number of hydrogen-bond donors (Lipinski definition) is 1. The van der Waals surface area contributed by atoms with Gasteiger partial charge < -0.3 is 10.6 Å². The van der Waals surface area contributed by atoms with Gasteiger partial charge in [0.2, 0.25) is 11.7 Å². The molecular formula is C18H18N2O3S. The summed E-state index contributed by atoms with van der Waals surface area (Å²) in [6, 6.07) is 10.4. The Morgan fingerprint density at radius 3 is 2.50 bits per heavy atom. The molecule has 5 nitrogen and oxygen atoms in total. The zero-order valence-corrected chi connectivity index (χ0v) is 13.9. The fourth-order valence-corrected chi connectivity index (χ4v) is 3.65. The third-order valence-corrected chi connectivity index (χ3v) is 5.13. The van der Waals surface area contributed by atoms with Crippen molar-refractivity contribution in [1.82, 2.24) is 4.90 Å². The van der Waals surface area contributed by atoms with Crippen LogP contribution in [0.2, 0.25) is 0 Å². The van der Waals surface area contributed by atoms with Crippen LogP contribution in [0.15, 0.2) is 41.8 Å². The summed E-state index contributed by atoms with van der Waals surface area (Å²) in [6.45, 7) is 0.889. The molecule has 1 atom stereocenters. The molecule has 0 saturated carbocycles. The number of primary amides is 1. The van der Waals surface area contributed by atoms with Gasteiger partial charge in [0, 0.05) is 18.7 Å². The highest BCUT2D eigenvalue weighted by Crippen LogP contribution is 2.22. The Morgan fingerprint density at radius 2 is 1.83 bits per heavy atom. The van der Waals surface area contributed by atoms with Gasteiger partial charge in [0.1, 0.15) is 0 Å². The molecule has 0 aliphatic carbocycles. The van der Waals surface area contributed by atoms with Crippen LogP contribution < -0.4 is 5.73 Å². The Balaban J connectivity index is 1.88. The molecule has 1 aromatic carbocycles. The molecule has 0 spiro atoms. The zero-order valence-electron chi connectivity index (χ0n) is 13.1. The number of nitrogens with two attached hydrogens (primary N) is 1. The number of piperidine rings is 1. The summed E-state index contributed by atoms with van der Waals surface area (Å²) >= 11 is 1.35. The second kappa shape index (κ2) is 6.97. The van der Waals surface area contributed by atoms with Crippen LogP contribution in [0.5, 0.6) is 0 Å². The first-order chi connectivity index (χ1) is 11.6. The van der Waals surface area contributed by atoms with Crippen molar-refractivity contribution in [2.24, 2.45) is 11.7 Å². The number of carbonyl (C=O) groups excluding carboxylic acids is 3. The monoisotopic (exact) mass is 342 g/mol. The Morgan fingerprint density at radius 1 is 1.08 bits per heavy atom. The standard InChI is InChI=1S/C18H18N2O3S/c19-17(22)12-5-3-9-20(11-12)18(23)14-7-2-1-6-13(14)16(21)15-8-4-10-24-15/h1-2,4,6-8,10,12H,3,5,9,11H2,(H2,19,22). The summed E-state index contributed by atoms with van der Waals surface area (Å²) in [4.78, 5) is 39.2. The smallest absolute Gasteiger partial charge is 0.254 e. The lowest BCUT2D eigenvalue weighted by Gasteiger charge is -2.31. The average molecular weight is 342 g/mol. The van der Waals surface area contributed by atoms with E-state index in [-0.39, 0.29) is 23.5 Å². The lowest BCUT2D eigenvalue weighted by Crippen LogP contribution is -2.44. The van der Waals surface area contributed by atoms with E-state index in [1.165, 1.54) is 11.3 Å². The molecule has 0 bridgehead atoms. The van der Waals surface area contributed by atoms with Gasteiger partial charge in [0.05, 0.1) is 16.4 Å². The van der Waals surface area contributed by atoms with Crippen molar-refractivity contribution in [3.63, 3.8) is 0 Å². The maximum atomic E-state index is 12.9. The molecule has 1 aliphatic heterocycles. The highest BCUT2D eigenvalue weighted by molar-refractivity contribution is 7.12. The highest BCUT2D eigenvalue weighted by atomic mass is 32.1. The van der Waals surface area contributed by atoms with Crippen LogP contribution in [0.4, 0.5) is 0 Å². The lowest BCUT2D eigenvalue weighted by atomic mass is 9.95. The molecular weight excluding hydrogens is 324 g/mol. The van der Waals surface area contributed by atoms with E-state index in [0.717, 1.165) is 6.42 Å². The number of nitrogens with zero attached hydrogens (tertiary/aromatic N) is 1. The summed E-state index contributed by atoms with van der Waals surface area (Å²) in [7, 11) is 0. The normalized spacial score (nSPS) is 17.5. The third kappa shape index (κ3) is 3.23. The van der Waals surface area contributed by atoms with Crippen molar-refractivity contribution in [1.29, 1.82) is 0 Å². The quantitative estimate of drug-likeness (QED) is 0.866. The molecule has 2 aromatic rings. The average Bonchev–Trinajstić information content (AvgIpc) is 3.15. The second-order valence-corrected chi connectivity index (χ2v) is 6.79. The predicted molar refractivity (Wildman–Crippen MR) is 92.0 cm³/mol. The van der Waals surface area contributed by atoms with E-state index in [1.807, 2.05) is 11.4 Å². The van der Waals surface area contributed by atoms with Gasteiger partial charge in [-0.15, -0.1) is 11.3 Å². The molecule has 2 N–H and O–H groups in total. The van der Waals surface area contributed by atoms with Crippen molar-refractivity contribution >= 4 is 28.9 Å². The topological polar surface area (TPSA) is 80.5 Å². The lowest BCUT2D eigenvalue weighted by molar-refractivity contribution is -0.123. The fourth-order valence-electron chi connectivity index (χ4n) is 2.97. The molecule has 1 aromatic heterocycles. The summed E-state index contributed by atoms with van der Waals surface area (Å²) in [5, 5.41) is 1.83. The van der Waals surface area contributed by atoms with Crippen LogP contribution in [0, 0.1) is 5.92 Å². The highest BCUT2D eigenvalue weighted by Gasteiger charge is 2.29. The van der Waals surface area contributed by atoms with Crippen molar-refractivity contribution in [3.8, 4) is 0 Å². The van der Waals surface area contributed by atoms with Crippen LogP contribution in [-0.4, -0.2) is 35.6 Å². The van der Waals surface area contributed by atoms with E-state index in [0.29, 0.717) is 35.5 Å². The Kier molecular flexibility index (Phi) is 4.76. The number of carbonyl (C=O) groups is 3. The van der Waals surface area contributed by atoms with Gasteiger partial charge in [0.15, 0.2) is 0 Å². The van der Waals surface area contributed by atoms with Crippen molar-refractivity contribution in [3.05, 3.63) is 57.8 Å². The van der Waals surface area contributed by atoms with Crippen molar-refractivity contribution in [2.75, 3.05) is 13.1 Å². The fraction of sp³-hybridized carbons (Fsp3) is 0.278. The number of benzene rings is 1. The minimum atomic E-state index is -0.379. The molecule has 6 heteroatoms. The minimum Gasteiger partial charge on any atom is -0.369 e. The van der Waals surface area contributed by atoms with Crippen molar-refractivity contribution < 1.29 is 14.4 Å². The minimum absolute atomic E-state index is 0.155. The van der Waals surface area contributed by atoms with E-state index >= 15 is 0 Å². The third-order valence-electron chi connectivity index (χ3n) is 4.26. The predicted octanol–water partition coefficient (Wildman–Crippen LogP) is 2.32. The van der Waals surface area contributed by atoms with E-state index in [1.54, 1.807) is 35.2 Å². The van der Waals surface area contributed by atoms with Gasteiger partial charge in [-0.2, -0.15) is 0 Å². The van der Waals surface area contributed by atoms with Crippen LogP contribution in [0.3, 0.4) is 0 Å². The number of thiophene rings is 1. The van der Waals surface area contributed by atoms with E-state index in [9.17, 15) is 14.4 Å². The van der Waals surface area contributed by atoms with Gasteiger partial charge in [-0.1, -0.05) is 24.3 Å². The van der Waals surface area contributed by atoms with E-state index in [2.05, 4.69) is 0 Å². The Hall–Kier alpha value is -2.47. The van der Waals surface area contributed by atoms with Gasteiger partial charge in [-0.25, -0.2) is 0 Å². The van der Waals surface area contributed by atoms with Gasteiger partial charge in [0.25, 0.3) is 5.91 Å². The Bertz CT molecular complexity index is 770. The number of hydrogen-bond acceptors (Lipinski definition) is 4. The van der Waals surface area contributed by atoms with Gasteiger partial charge >= 0.3 is 0 Å². The molecule has 3 rings (SSSR count). The maximum absolute atomic E-state index is 12.9. The summed E-state index contributed by atoms with van der Waals surface area (Å²) in [6.07, 6.45) is 1.44.